The molecule has 0 aromatic carbocycles. The summed E-state index contributed by atoms with van der Waals surface area (Å²) >= 11 is 0. The Morgan fingerprint density at radius 1 is 1.28 bits per heavy atom. The molecule has 4 nitrogen and oxygen atoms in total. The fourth-order valence-corrected chi connectivity index (χ4v) is 2.19. The minimum Gasteiger partial charge on any atom is -0.465 e. The molecule has 1 aliphatic rings. The van der Waals surface area contributed by atoms with E-state index in [9.17, 15) is 4.79 Å². The SMILES string of the molecule is CC(C)(C)c1ccc2c(n1)CCN(C(=O)O)CC2. The molecule has 18 heavy (non-hydrogen) atoms. The first-order valence-corrected chi connectivity index (χ1v) is 6.35. The monoisotopic (exact) mass is 248 g/mol. The molecule has 1 aromatic heterocycles. The quantitative estimate of drug-likeness (QED) is 0.767. The summed E-state index contributed by atoms with van der Waals surface area (Å²) in [5, 5.41) is 9.03. The number of aromatic nitrogens is 1. The van der Waals surface area contributed by atoms with Crippen molar-refractivity contribution in [1.82, 2.24) is 9.88 Å². The zero-order valence-electron chi connectivity index (χ0n) is 11.2. The van der Waals surface area contributed by atoms with Crippen LogP contribution in [-0.2, 0) is 18.3 Å². The fourth-order valence-electron chi connectivity index (χ4n) is 2.19. The van der Waals surface area contributed by atoms with Crippen LogP contribution in [0.5, 0.6) is 0 Å². The highest BCUT2D eigenvalue weighted by molar-refractivity contribution is 5.65. The second kappa shape index (κ2) is 4.59. The van der Waals surface area contributed by atoms with Crippen LogP contribution in [0.2, 0.25) is 0 Å². The molecule has 1 aromatic rings. The van der Waals surface area contributed by atoms with Gasteiger partial charge in [-0.15, -0.1) is 0 Å². The first-order chi connectivity index (χ1) is 8.38. The van der Waals surface area contributed by atoms with Crippen LogP contribution >= 0.6 is 0 Å². The van der Waals surface area contributed by atoms with Crippen LogP contribution < -0.4 is 0 Å². The van der Waals surface area contributed by atoms with E-state index in [0.29, 0.717) is 19.5 Å². The standard InChI is InChI=1S/C14H20N2O2/c1-14(2,3)12-5-4-10-6-8-16(13(17)18)9-7-11(10)15-12/h4-5H,6-9H2,1-3H3,(H,17,18). The highest BCUT2D eigenvalue weighted by Crippen LogP contribution is 2.23. The van der Waals surface area contributed by atoms with Gasteiger partial charge in [-0.2, -0.15) is 0 Å². The molecule has 0 fully saturated rings. The van der Waals surface area contributed by atoms with E-state index in [-0.39, 0.29) is 5.41 Å². The number of hydrogen-bond acceptors (Lipinski definition) is 2. The molecule has 2 rings (SSSR count). The largest absolute Gasteiger partial charge is 0.465 e. The van der Waals surface area contributed by atoms with Crippen LogP contribution in [-0.4, -0.2) is 34.2 Å². The average Bonchev–Trinajstić information content (AvgIpc) is 2.48. The van der Waals surface area contributed by atoms with E-state index in [0.717, 1.165) is 17.8 Å². The van der Waals surface area contributed by atoms with Crippen LogP contribution in [0.25, 0.3) is 0 Å². The highest BCUT2D eigenvalue weighted by atomic mass is 16.4. The van der Waals surface area contributed by atoms with Gasteiger partial charge in [0.2, 0.25) is 0 Å². The lowest BCUT2D eigenvalue weighted by molar-refractivity contribution is 0.147. The van der Waals surface area contributed by atoms with Crippen molar-refractivity contribution in [1.29, 1.82) is 0 Å². The van der Waals surface area contributed by atoms with Gasteiger partial charge in [-0.25, -0.2) is 4.79 Å². The summed E-state index contributed by atoms with van der Waals surface area (Å²) in [7, 11) is 0. The molecule has 98 valence electrons. The molecular weight excluding hydrogens is 228 g/mol. The Hall–Kier alpha value is -1.58. The lowest BCUT2D eigenvalue weighted by Gasteiger charge is -2.19. The Labute approximate surface area is 108 Å². The fraction of sp³-hybridized carbons (Fsp3) is 0.571. The maximum atomic E-state index is 11.0. The summed E-state index contributed by atoms with van der Waals surface area (Å²) in [6, 6.07) is 4.17. The third kappa shape index (κ3) is 2.63. The number of fused-ring (bicyclic) bond motifs is 1. The number of pyridine rings is 1. The maximum absolute atomic E-state index is 11.0. The Morgan fingerprint density at radius 2 is 1.94 bits per heavy atom. The Morgan fingerprint density at radius 3 is 2.56 bits per heavy atom. The van der Waals surface area contributed by atoms with Crippen molar-refractivity contribution in [2.24, 2.45) is 0 Å². The second-order valence-corrected chi connectivity index (χ2v) is 5.82. The van der Waals surface area contributed by atoms with Gasteiger partial charge in [0.25, 0.3) is 0 Å². The van der Waals surface area contributed by atoms with Crippen molar-refractivity contribution in [3.63, 3.8) is 0 Å². The molecular formula is C14H20N2O2. The third-order valence-electron chi connectivity index (χ3n) is 3.38. The minimum absolute atomic E-state index is 0.0355. The molecule has 0 saturated heterocycles. The number of carbonyl (C=O) groups is 1. The molecule has 4 heteroatoms. The predicted octanol–water partition coefficient (Wildman–Crippen LogP) is 2.46. The zero-order valence-corrected chi connectivity index (χ0v) is 11.2. The van der Waals surface area contributed by atoms with Crippen molar-refractivity contribution in [2.45, 2.75) is 39.0 Å². The number of amides is 1. The van der Waals surface area contributed by atoms with E-state index in [4.69, 9.17) is 10.1 Å². The summed E-state index contributed by atoms with van der Waals surface area (Å²) in [5.74, 6) is 0. The van der Waals surface area contributed by atoms with Gasteiger partial charge in [0.05, 0.1) is 0 Å². The smallest absolute Gasteiger partial charge is 0.407 e. The minimum atomic E-state index is -0.834. The maximum Gasteiger partial charge on any atom is 0.407 e. The number of carboxylic acid groups (broad SMARTS) is 1. The molecule has 0 aliphatic carbocycles. The van der Waals surface area contributed by atoms with E-state index in [2.05, 4.69) is 32.9 Å². The molecule has 0 atom stereocenters. The highest BCUT2D eigenvalue weighted by Gasteiger charge is 2.21. The van der Waals surface area contributed by atoms with Crippen molar-refractivity contribution in [3.05, 3.63) is 29.1 Å². The number of nitrogens with zero attached hydrogens (tertiary/aromatic N) is 2. The number of rotatable bonds is 0. The molecule has 1 amide bonds. The summed E-state index contributed by atoms with van der Waals surface area (Å²) in [4.78, 5) is 17.2. The van der Waals surface area contributed by atoms with Crippen molar-refractivity contribution < 1.29 is 9.90 Å². The topological polar surface area (TPSA) is 53.4 Å². The zero-order chi connectivity index (χ0) is 13.3. The summed E-state index contributed by atoms with van der Waals surface area (Å²) in [5.41, 5.74) is 3.36. The summed E-state index contributed by atoms with van der Waals surface area (Å²) < 4.78 is 0. The van der Waals surface area contributed by atoms with Crippen LogP contribution in [0.4, 0.5) is 4.79 Å². The van der Waals surface area contributed by atoms with Gasteiger partial charge in [0, 0.05) is 36.3 Å². The molecule has 0 radical (unpaired) electrons. The molecule has 0 bridgehead atoms. The third-order valence-corrected chi connectivity index (χ3v) is 3.38. The number of hydrogen-bond donors (Lipinski definition) is 1. The van der Waals surface area contributed by atoms with Gasteiger partial charge in [-0.05, 0) is 18.1 Å². The average molecular weight is 248 g/mol. The van der Waals surface area contributed by atoms with Gasteiger partial charge in [-0.3, -0.25) is 4.98 Å². The van der Waals surface area contributed by atoms with E-state index in [1.165, 1.54) is 10.5 Å². The van der Waals surface area contributed by atoms with Crippen LogP contribution in [0.1, 0.15) is 37.7 Å². The lowest BCUT2D eigenvalue weighted by Crippen LogP contribution is -2.31. The van der Waals surface area contributed by atoms with Crippen molar-refractivity contribution >= 4 is 6.09 Å². The van der Waals surface area contributed by atoms with E-state index in [1.54, 1.807) is 0 Å². The van der Waals surface area contributed by atoms with Gasteiger partial charge < -0.3 is 10.0 Å². The normalized spacial score (nSPS) is 16.1. The molecule has 0 unspecified atom stereocenters. The van der Waals surface area contributed by atoms with Crippen LogP contribution in [0, 0.1) is 0 Å². The Bertz CT molecular complexity index is 463. The van der Waals surface area contributed by atoms with Gasteiger partial charge in [0.15, 0.2) is 0 Å². The molecule has 1 aliphatic heterocycles. The van der Waals surface area contributed by atoms with E-state index < -0.39 is 6.09 Å². The second-order valence-electron chi connectivity index (χ2n) is 5.82. The van der Waals surface area contributed by atoms with Gasteiger partial charge in [-0.1, -0.05) is 26.8 Å². The molecule has 2 heterocycles. The molecule has 1 N–H and O–H groups in total. The van der Waals surface area contributed by atoms with Gasteiger partial charge in [0.1, 0.15) is 0 Å². The Kier molecular flexibility index (Phi) is 3.28. The van der Waals surface area contributed by atoms with E-state index in [1.807, 2.05) is 0 Å². The summed E-state index contributed by atoms with van der Waals surface area (Å²) in [6.07, 6.45) is 0.642. The Balaban J connectivity index is 2.26. The first-order valence-electron chi connectivity index (χ1n) is 6.35. The summed E-state index contributed by atoms with van der Waals surface area (Å²) in [6.45, 7) is 7.54. The van der Waals surface area contributed by atoms with Crippen LogP contribution in [0.3, 0.4) is 0 Å². The van der Waals surface area contributed by atoms with Gasteiger partial charge >= 0.3 is 6.09 Å². The van der Waals surface area contributed by atoms with Crippen LogP contribution in [0.15, 0.2) is 12.1 Å². The molecule has 0 saturated carbocycles. The van der Waals surface area contributed by atoms with E-state index >= 15 is 0 Å². The first kappa shape index (κ1) is 12.9. The lowest BCUT2D eigenvalue weighted by atomic mass is 9.90. The van der Waals surface area contributed by atoms with Crippen molar-refractivity contribution in [2.75, 3.05) is 13.1 Å². The van der Waals surface area contributed by atoms with Crippen molar-refractivity contribution in [3.8, 4) is 0 Å². The molecule has 0 spiro atoms. The predicted molar refractivity (Wildman–Crippen MR) is 69.9 cm³/mol.